The molecule has 0 fully saturated rings. The van der Waals surface area contributed by atoms with E-state index in [1.54, 1.807) is 6.20 Å². The lowest BCUT2D eigenvalue weighted by Crippen LogP contribution is -2.05. The van der Waals surface area contributed by atoms with E-state index < -0.39 is 0 Å². The van der Waals surface area contributed by atoms with Crippen LogP contribution in [0.4, 0.5) is 5.69 Å². The highest BCUT2D eigenvalue weighted by Gasteiger charge is 2.00. The number of thioether (sulfide) groups is 1. The van der Waals surface area contributed by atoms with Gasteiger partial charge in [-0.1, -0.05) is 11.8 Å². The van der Waals surface area contributed by atoms with Crippen LogP contribution in [-0.2, 0) is 5.75 Å². The van der Waals surface area contributed by atoms with Crippen LogP contribution in [0.5, 0.6) is 0 Å². The molecular formula is C11H12N4OS. The molecule has 0 atom stereocenters. The summed E-state index contributed by atoms with van der Waals surface area (Å²) in [4.78, 5) is 22.0. The molecule has 0 bridgehead atoms. The van der Waals surface area contributed by atoms with Crippen molar-refractivity contribution < 1.29 is 0 Å². The Morgan fingerprint density at radius 2 is 2.18 bits per heavy atom. The summed E-state index contributed by atoms with van der Waals surface area (Å²) >= 11 is 1.45. The molecule has 88 valence electrons. The first-order valence-electron chi connectivity index (χ1n) is 5.09. The van der Waals surface area contributed by atoms with Crippen LogP contribution in [0.15, 0.2) is 40.5 Å². The summed E-state index contributed by atoms with van der Waals surface area (Å²) in [6.45, 7) is 0. The molecule has 2 aromatic heterocycles. The van der Waals surface area contributed by atoms with E-state index in [-0.39, 0.29) is 5.56 Å². The molecule has 2 N–H and O–H groups in total. The summed E-state index contributed by atoms with van der Waals surface area (Å²) in [6, 6.07) is 5.26. The van der Waals surface area contributed by atoms with E-state index in [4.69, 9.17) is 0 Å². The molecule has 17 heavy (non-hydrogen) atoms. The zero-order valence-corrected chi connectivity index (χ0v) is 10.1. The highest BCUT2D eigenvalue weighted by atomic mass is 32.2. The molecule has 0 saturated heterocycles. The van der Waals surface area contributed by atoms with Gasteiger partial charge in [-0.15, -0.1) is 0 Å². The van der Waals surface area contributed by atoms with Crippen LogP contribution >= 0.6 is 11.8 Å². The first kappa shape index (κ1) is 11.7. The molecule has 5 nitrogen and oxygen atoms in total. The summed E-state index contributed by atoms with van der Waals surface area (Å²) in [5, 5.41) is 3.66. The standard InChI is InChI=1S/C11H12N4OS/c1-12-8-2-4-13-9(6-8)7-17-11-14-5-3-10(16)15-11/h2-6H,7H2,1H3,(H,12,13)(H,14,15,16). The fourth-order valence-electron chi connectivity index (χ4n) is 1.28. The maximum absolute atomic E-state index is 11.1. The maximum Gasteiger partial charge on any atom is 0.251 e. The van der Waals surface area contributed by atoms with Crippen LogP contribution in [0.25, 0.3) is 0 Å². The molecular weight excluding hydrogens is 236 g/mol. The topological polar surface area (TPSA) is 70.7 Å². The van der Waals surface area contributed by atoms with Crippen LogP contribution in [0, 0.1) is 0 Å². The lowest BCUT2D eigenvalue weighted by atomic mass is 10.3. The van der Waals surface area contributed by atoms with Crippen LogP contribution in [0.1, 0.15) is 5.69 Å². The van der Waals surface area contributed by atoms with Gasteiger partial charge < -0.3 is 10.3 Å². The number of aromatic nitrogens is 3. The molecule has 0 aliphatic rings. The molecule has 0 unspecified atom stereocenters. The van der Waals surface area contributed by atoms with Crippen molar-refractivity contribution in [2.45, 2.75) is 10.9 Å². The second-order valence-corrected chi connectivity index (χ2v) is 4.28. The first-order chi connectivity index (χ1) is 8.28. The van der Waals surface area contributed by atoms with Crippen molar-refractivity contribution >= 4 is 17.4 Å². The van der Waals surface area contributed by atoms with Crippen molar-refractivity contribution in [2.75, 3.05) is 12.4 Å². The minimum absolute atomic E-state index is 0.139. The SMILES string of the molecule is CNc1ccnc(CSc2nccc(=O)[nH]2)c1. The van der Waals surface area contributed by atoms with Crippen molar-refractivity contribution in [3.05, 3.63) is 46.6 Å². The molecule has 2 heterocycles. The highest BCUT2D eigenvalue weighted by Crippen LogP contribution is 2.18. The number of anilines is 1. The van der Waals surface area contributed by atoms with Gasteiger partial charge in [-0.2, -0.15) is 0 Å². The van der Waals surface area contributed by atoms with E-state index in [0.29, 0.717) is 10.9 Å². The van der Waals surface area contributed by atoms with E-state index in [2.05, 4.69) is 20.3 Å². The number of aromatic amines is 1. The Bertz CT molecular complexity index is 555. The Hall–Kier alpha value is -1.82. The van der Waals surface area contributed by atoms with E-state index in [1.807, 2.05) is 19.2 Å². The molecule has 0 aromatic carbocycles. The summed E-state index contributed by atoms with van der Waals surface area (Å²) < 4.78 is 0. The monoisotopic (exact) mass is 248 g/mol. The van der Waals surface area contributed by atoms with Gasteiger partial charge in [0.15, 0.2) is 5.16 Å². The van der Waals surface area contributed by atoms with Gasteiger partial charge in [0.05, 0.1) is 5.69 Å². The third-order valence-electron chi connectivity index (χ3n) is 2.11. The summed E-state index contributed by atoms with van der Waals surface area (Å²) in [7, 11) is 1.86. The summed E-state index contributed by atoms with van der Waals surface area (Å²) in [6.07, 6.45) is 3.25. The van der Waals surface area contributed by atoms with Gasteiger partial charge in [0.25, 0.3) is 5.56 Å². The molecule has 2 rings (SSSR count). The molecule has 0 aliphatic heterocycles. The largest absolute Gasteiger partial charge is 0.388 e. The van der Waals surface area contributed by atoms with E-state index in [9.17, 15) is 4.79 Å². The Morgan fingerprint density at radius 3 is 2.94 bits per heavy atom. The van der Waals surface area contributed by atoms with Gasteiger partial charge in [0.2, 0.25) is 0 Å². The van der Waals surface area contributed by atoms with Gasteiger partial charge in [-0.25, -0.2) is 4.98 Å². The second kappa shape index (κ2) is 5.49. The zero-order valence-electron chi connectivity index (χ0n) is 9.30. The fourth-order valence-corrected chi connectivity index (χ4v) is 2.03. The number of nitrogens with zero attached hydrogens (tertiary/aromatic N) is 2. The molecule has 6 heteroatoms. The van der Waals surface area contributed by atoms with Crippen LogP contribution in [0.3, 0.4) is 0 Å². The normalized spacial score (nSPS) is 10.2. The number of hydrogen-bond donors (Lipinski definition) is 2. The number of H-pyrrole nitrogens is 1. The van der Waals surface area contributed by atoms with Crippen molar-refractivity contribution in [1.29, 1.82) is 0 Å². The predicted molar refractivity (Wildman–Crippen MR) is 68.2 cm³/mol. The predicted octanol–water partition coefficient (Wildman–Crippen LogP) is 1.50. The fraction of sp³-hybridized carbons (Fsp3) is 0.182. The van der Waals surface area contributed by atoms with Gasteiger partial charge in [0.1, 0.15) is 0 Å². The number of hydrogen-bond acceptors (Lipinski definition) is 5. The van der Waals surface area contributed by atoms with Gasteiger partial charge >= 0.3 is 0 Å². The lowest BCUT2D eigenvalue weighted by molar-refractivity contribution is 0.935. The maximum atomic E-state index is 11.1. The number of pyridine rings is 1. The second-order valence-electron chi connectivity index (χ2n) is 3.31. The van der Waals surface area contributed by atoms with Gasteiger partial charge in [0, 0.05) is 36.9 Å². The molecule has 2 aromatic rings. The van der Waals surface area contributed by atoms with Crippen molar-refractivity contribution in [3.8, 4) is 0 Å². The third kappa shape index (κ3) is 3.32. The molecule has 0 aliphatic carbocycles. The Labute approximate surface area is 103 Å². The van der Waals surface area contributed by atoms with Crippen LogP contribution in [-0.4, -0.2) is 22.0 Å². The van der Waals surface area contributed by atoms with E-state index in [0.717, 1.165) is 11.4 Å². The minimum Gasteiger partial charge on any atom is -0.388 e. The highest BCUT2D eigenvalue weighted by molar-refractivity contribution is 7.98. The average Bonchev–Trinajstić information content (AvgIpc) is 2.37. The minimum atomic E-state index is -0.139. The Morgan fingerprint density at radius 1 is 1.35 bits per heavy atom. The van der Waals surface area contributed by atoms with E-state index >= 15 is 0 Å². The molecule has 0 saturated carbocycles. The average molecular weight is 248 g/mol. The summed E-state index contributed by atoms with van der Waals surface area (Å²) in [5.41, 5.74) is 1.82. The summed E-state index contributed by atoms with van der Waals surface area (Å²) in [5.74, 6) is 0.669. The first-order valence-corrected chi connectivity index (χ1v) is 6.07. The van der Waals surface area contributed by atoms with Crippen molar-refractivity contribution in [1.82, 2.24) is 15.0 Å². The number of rotatable bonds is 4. The van der Waals surface area contributed by atoms with Gasteiger partial charge in [-0.3, -0.25) is 9.78 Å². The van der Waals surface area contributed by atoms with Crippen LogP contribution in [0.2, 0.25) is 0 Å². The van der Waals surface area contributed by atoms with Crippen molar-refractivity contribution in [3.63, 3.8) is 0 Å². The van der Waals surface area contributed by atoms with E-state index in [1.165, 1.54) is 24.0 Å². The quantitative estimate of drug-likeness (QED) is 0.634. The van der Waals surface area contributed by atoms with Crippen LogP contribution < -0.4 is 10.9 Å². The Kier molecular flexibility index (Phi) is 3.77. The number of nitrogens with one attached hydrogen (secondary N) is 2. The van der Waals surface area contributed by atoms with Crippen molar-refractivity contribution in [2.24, 2.45) is 0 Å². The zero-order chi connectivity index (χ0) is 12.1. The third-order valence-corrected chi connectivity index (χ3v) is 3.03. The molecule has 0 radical (unpaired) electrons. The molecule has 0 spiro atoms. The van der Waals surface area contributed by atoms with Gasteiger partial charge in [-0.05, 0) is 12.1 Å². The lowest BCUT2D eigenvalue weighted by Gasteiger charge is -2.03. The Balaban J connectivity index is 2.04. The smallest absolute Gasteiger partial charge is 0.251 e. The molecule has 0 amide bonds.